The van der Waals surface area contributed by atoms with Crippen molar-refractivity contribution in [2.24, 2.45) is 0 Å². The first kappa shape index (κ1) is 12.2. The number of carbonyl (C=O) groups is 1. The van der Waals surface area contributed by atoms with Crippen molar-refractivity contribution in [3.63, 3.8) is 0 Å². The number of nitrogens with zero attached hydrogens (tertiary/aromatic N) is 1. The minimum atomic E-state index is -0.934. The Hall–Kier alpha value is -2.82. The Kier molecular flexibility index (Phi) is 2.87. The van der Waals surface area contributed by atoms with Crippen molar-refractivity contribution < 1.29 is 9.90 Å². The van der Waals surface area contributed by atoms with Crippen molar-refractivity contribution in [3.8, 4) is 0 Å². The van der Waals surface area contributed by atoms with Gasteiger partial charge in [0, 0.05) is 5.69 Å². The van der Waals surface area contributed by atoms with Gasteiger partial charge >= 0.3 is 5.97 Å². The molecule has 20 heavy (non-hydrogen) atoms. The van der Waals surface area contributed by atoms with Crippen molar-refractivity contribution in [1.29, 1.82) is 0 Å². The van der Waals surface area contributed by atoms with E-state index in [1.807, 2.05) is 25.1 Å². The van der Waals surface area contributed by atoms with E-state index in [-0.39, 0.29) is 5.56 Å². The molecule has 0 bridgehead atoms. The van der Waals surface area contributed by atoms with Crippen molar-refractivity contribution in [2.45, 2.75) is 6.92 Å². The highest BCUT2D eigenvalue weighted by molar-refractivity contribution is 5.88. The van der Waals surface area contributed by atoms with Crippen LogP contribution in [0.2, 0.25) is 0 Å². The highest BCUT2D eigenvalue weighted by atomic mass is 16.4. The van der Waals surface area contributed by atoms with Gasteiger partial charge in [-0.2, -0.15) is 0 Å². The highest BCUT2D eigenvalue weighted by Gasteiger charge is 2.06. The Bertz CT molecular complexity index is 775. The summed E-state index contributed by atoms with van der Waals surface area (Å²) >= 11 is 0. The normalized spacial score (nSPS) is 10.7. The molecule has 3 rings (SSSR count). The number of para-hydroxylation sites is 1. The van der Waals surface area contributed by atoms with E-state index in [0.717, 1.165) is 22.3 Å². The molecule has 0 atom stereocenters. The lowest BCUT2D eigenvalue weighted by molar-refractivity contribution is 0.0697. The predicted octanol–water partition coefficient (Wildman–Crippen LogP) is 3.31. The molecule has 0 aliphatic heterocycles. The Morgan fingerprint density at radius 2 is 1.95 bits per heavy atom. The summed E-state index contributed by atoms with van der Waals surface area (Å²) in [5, 5.41) is 12.0. The Balaban J connectivity index is 1.89. The summed E-state index contributed by atoms with van der Waals surface area (Å²) in [6.45, 7) is 2.01. The van der Waals surface area contributed by atoms with Gasteiger partial charge < -0.3 is 15.4 Å². The minimum Gasteiger partial charge on any atom is -0.478 e. The number of benzene rings is 2. The molecule has 0 radical (unpaired) electrons. The Labute approximate surface area is 115 Å². The number of aromatic carboxylic acids is 1. The van der Waals surface area contributed by atoms with Gasteiger partial charge in [0.2, 0.25) is 5.95 Å². The molecular weight excluding hydrogens is 254 g/mol. The molecule has 0 saturated carbocycles. The Morgan fingerprint density at radius 1 is 1.20 bits per heavy atom. The molecule has 2 aromatic carbocycles. The smallest absolute Gasteiger partial charge is 0.335 e. The fourth-order valence-electron chi connectivity index (χ4n) is 2.07. The number of nitrogens with one attached hydrogen (secondary N) is 2. The van der Waals surface area contributed by atoms with E-state index in [4.69, 9.17) is 5.11 Å². The van der Waals surface area contributed by atoms with Gasteiger partial charge in [-0.1, -0.05) is 12.1 Å². The molecule has 0 aliphatic carbocycles. The summed E-state index contributed by atoms with van der Waals surface area (Å²) in [5.41, 5.74) is 4.04. The van der Waals surface area contributed by atoms with E-state index in [9.17, 15) is 4.79 Å². The van der Waals surface area contributed by atoms with Crippen LogP contribution in [-0.4, -0.2) is 21.0 Å². The third-order valence-electron chi connectivity index (χ3n) is 3.11. The van der Waals surface area contributed by atoms with Gasteiger partial charge in [0.05, 0.1) is 16.6 Å². The summed E-state index contributed by atoms with van der Waals surface area (Å²) in [7, 11) is 0. The summed E-state index contributed by atoms with van der Waals surface area (Å²) in [6, 6.07) is 12.5. The molecule has 3 aromatic rings. The van der Waals surface area contributed by atoms with Crippen molar-refractivity contribution in [2.75, 3.05) is 5.32 Å². The van der Waals surface area contributed by atoms with Crippen LogP contribution in [0.25, 0.3) is 11.0 Å². The number of imidazole rings is 1. The topological polar surface area (TPSA) is 78.0 Å². The number of anilines is 2. The van der Waals surface area contributed by atoms with Crippen LogP contribution < -0.4 is 5.32 Å². The van der Waals surface area contributed by atoms with E-state index in [1.54, 1.807) is 24.3 Å². The number of hydrogen-bond acceptors (Lipinski definition) is 3. The van der Waals surface area contributed by atoms with Crippen LogP contribution in [0.15, 0.2) is 42.5 Å². The number of H-pyrrole nitrogens is 1. The molecule has 3 N–H and O–H groups in total. The number of aromatic amines is 1. The zero-order chi connectivity index (χ0) is 14.1. The van der Waals surface area contributed by atoms with Crippen LogP contribution in [0.3, 0.4) is 0 Å². The van der Waals surface area contributed by atoms with E-state index >= 15 is 0 Å². The van der Waals surface area contributed by atoms with E-state index in [1.165, 1.54) is 0 Å². The lowest BCUT2D eigenvalue weighted by Crippen LogP contribution is -1.97. The molecule has 5 heteroatoms. The summed E-state index contributed by atoms with van der Waals surface area (Å²) in [5.74, 6) is -0.298. The average molecular weight is 267 g/mol. The van der Waals surface area contributed by atoms with Crippen molar-refractivity contribution >= 4 is 28.6 Å². The molecule has 1 heterocycles. The van der Waals surface area contributed by atoms with Crippen LogP contribution in [0, 0.1) is 6.92 Å². The Morgan fingerprint density at radius 3 is 2.60 bits per heavy atom. The number of rotatable bonds is 3. The molecule has 1 aromatic heterocycles. The van der Waals surface area contributed by atoms with Gasteiger partial charge in [-0.3, -0.25) is 0 Å². The molecule has 0 aliphatic rings. The van der Waals surface area contributed by atoms with Crippen LogP contribution in [0.5, 0.6) is 0 Å². The maximum Gasteiger partial charge on any atom is 0.335 e. The number of aryl methyl sites for hydroxylation is 1. The molecule has 0 fully saturated rings. The van der Waals surface area contributed by atoms with Gasteiger partial charge in [0.25, 0.3) is 0 Å². The molecule has 0 unspecified atom stereocenters. The fraction of sp³-hybridized carbons (Fsp3) is 0.0667. The van der Waals surface area contributed by atoms with Crippen molar-refractivity contribution in [1.82, 2.24) is 9.97 Å². The number of fused-ring (bicyclic) bond motifs is 1. The number of carboxylic acid groups (broad SMARTS) is 1. The zero-order valence-electron chi connectivity index (χ0n) is 10.8. The molecule has 0 saturated heterocycles. The first-order valence-corrected chi connectivity index (χ1v) is 6.19. The van der Waals surface area contributed by atoms with Crippen LogP contribution in [-0.2, 0) is 0 Å². The van der Waals surface area contributed by atoms with E-state index < -0.39 is 5.97 Å². The zero-order valence-corrected chi connectivity index (χ0v) is 10.8. The van der Waals surface area contributed by atoms with Crippen LogP contribution >= 0.6 is 0 Å². The maximum absolute atomic E-state index is 10.8. The largest absolute Gasteiger partial charge is 0.478 e. The molecule has 100 valence electrons. The summed E-state index contributed by atoms with van der Waals surface area (Å²) in [4.78, 5) is 18.5. The minimum absolute atomic E-state index is 0.260. The number of aromatic nitrogens is 2. The lowest BCUT2D eigenvalue weighted by atomic mass is 10.2. The predicted molar refractivity (Wildman–Crippen MR) is 77.5 cm³/mol. The maximum atomic E-state index is 10.8. The average Bonchev–Trinajstić information content (AvgIpc) is 2.83. The van der Waals surface area contributed by atoms with Gasteiger partial charge in [-0.25, -0.2) is 9.78 Å². The lowest BCUT2D eigenvalue weighted by Gasteiger charge is -2.02. The highest BCUT2D eigenvalue weighted by Crippen LogP contribution is 2.20. The second-order valence-corrected chi connectivity index (χ2v) is 4.56. The van der Waals surface area contributed by atoms with Gasteiger partial charge in [0.15, 0.2) is 0 Å². The standard InChI is InChI=1S/C15H13N3O2/c1-9-3-2-4-12-13(9)18-15(17-12)16-11-7-5-10(6-8-11)14(19)20/h2-8H,1H3,(H,19,20)(H2,16,17,18). The number of hydrogen-bond donors (Lipinski definition) is 3. The monoisotopic (exact) mass is 267 g/mol. The summed E-state index contributed by atoms with van der Waals surface area (Å²) < 4.78 is 0. The molecular formula is C15H13N3O2. The first-order chi connectivity index (χ1) is 9.63. The SMILES string of the molecule is Cc1cccc2[nH]c(Nc3ccc(C(=O)O)cc3)nc12. The quantitative estimate of drug-likeness (QED) is 0.680. The molecule has 5 nitrogen and oxygen atoms in total. The fourth-order valence-corrected chi connectivity index (χ4v) is 2.07. The number of carboxylic acids is 1. The third kappa shape index (κ3) is 2.21. The third-order valence-corrected chi connectivity index (χ3v) is 3.11. The van der Waals surface area contributed by atoms with E-state index in [2.05, 4.69) is 15.3 Å². The molecule has 0 spiro atoms. The second kappa shape index (κ2) is 4.70. The molecule has 0 amide bonds. The van der Waals surface area contributed by atoms with E-state index in [0.29, 0.717) is 5.95 Å². The van der Waals surface area contributed by atoms with Crippen molar-refractivity contribution in [3.05, 3.63) is 53.6 Å². The van der Waals surface area contributed by atoms with Gasteiger partial charge in [-0.05, 0) is 42.8 Å². The second-order valence-electron chi connectivity index (χ2n) is 4.56. The van der Waals surface area contributed by atoms with Gasteiger partial charge in [0.1, 0.15) is 0 Å². The van der Waals surface area contributed by atoms with Crippen LogP contribution in [0.4, 0.5) is 11.6 Å². The summed E-state index contributed by atoms with van der Waals surface area (Å²) in [6.07, 6.45) is 0. The van der Waals surface area contributed by atoms with Gasteiger partial charge in [-0.15, -0.1) is 0 Å². The first-order valence-electron chi connectivity index (χ1n) is 6.19. The van der Waals surface area contributed by atoms with Crippen LogP contribution in [0.1, 0.15) is 15.9 Å².